The summed E-state index contributed by atoms with van der Waals surface area (Å²) in [5.74, 6) is 0.870. The largest absolute Gasteiger partial charge is 0.393 e. The van der Waals surface area contributed by atoms with Crippen molar-refractivity contribution in [3.63, 3.8) is 0 Å². The fourth-order valence-electron chi connectivity index (χ4n) is 5.12. The molecule has 3 aliphatic rings. The van der Waals surface area contributed by atoms with Crippen LogP contribution in [0.4, 0.5) is 0 Å². The number of carbonyl (C=O) groups is 1. The number of rotatable bonds is 8. The fourth-order valence-corrected chi connectivity index (χ4v) is 5.12. The van der Waals surface area contributed by atoms with Gasteiger partial charge in [0.05, 0.1) is 24.3 Å². The molecule has 0 aromatic rings. The second kappa shape index (κ2) is 10.9. The number of hydrogen-bond acceptors (Lipinski definition) is 6. The summed E-state index contributed by atoms with van der Waals surface area (Å²) in [6, 6.07) is -0.545. The average molecular weight is 397 g/mol. The first kappa shape index (κ1) is 22.0. The molecule has 2 aliphatic carbocycles. The summed E-state index contributed by atoms with van der Waals surface area (Å²) < 4.78 is 5.45. The van der Waals surface area contributed by atoms with E-state index in [1.54, 1.807) is 7.11 Å². The van der Waals surface area contributed by atoms with Crippen LogP contribution in [-0.4, -0.2) is 67.1 Å². The first-order chi connectivity index (χ1) is 13.5. The summed E-state index contributed by atoms with van der Waals surface area (Å²) in [4.78, 5) is 12.5. The van der Waals surface area contributed by atoms with Crippen molar-refractivity contribution in [2.75, 3.05) is 26.7 Å². The molecule has 28 heavy (non-hydrogen) atoms. The van der Waals surface area contributed by atoms with E-state index in [0.29, 0.717) is 24.4 Å². The van der Waals surface area contributed by atoms with E-state index in [1.807, 2.05) is 0 Å². The molecule has 1 amide bonds. The molecule has 0 radical (unpaired) electrons. The number of aliphatic hydroxyl groups is 1. The third-order valence-corrected chi connectivity index (χ3v) is 6.98. The van der Waals surface area contributed by atoms with E-state index in [9.17, 15) is 9.90 Å². The molecule has 0 aromatic carbocycles. The van der Waals surface area contributed by atoms with Crippen LogP contribution >= 0.6 is 0 Å². The van der Waals surface area contributed by atoms with Gasteiger partial charge in [-0.1, -0.05) is 19.3 Å². The van der Waals surface area contributed by atoms with Gasteiger partial charge in [-0.2, -0.15) is 0 Å². The molecule has 1 aliphatic heterocycles. The number of aliphatic hydroxyl groups excluding tert-OH is 1. The van der Waals surface area contributed by atoms with Crippen LogP contribution in [0.25, 0.3) is 0 Å². The van der Waals surface area contributed by atoms with Crippen LogP contribution < -0.4 is 16.5 Å². The zero-order valence-electron chi connectivity index (χ0n) is 17.4. The Kier molecular flexibility index (Phi) is 8.53. The number of amides is 1. The lowest BCUT2D eigenvalue weighted by Gasteiger charge is -2.30. The lowest BCUT2D eigenvalue weighted by Crippen LogP contribution is -2.49. The van der Waals surface area contributed by atoms with Gasteiger partial charge in [0.2, 0.25) is 5.91 Å². The smallest absolute Gasteiger partial charge is 0.237 e. The maximum Gasteiger partial charge on any atom is 0.237 e. The molecule has 5 N–H and O–H groups in total. The maximum atomic E-state index is 12.5. The number of nitrogens with two attached hydrogens (primary N) is 1. The lowest BCUT2D eigenvalue weighted by atomic mass is 9.83. The predicted octanol–water partition coefficient (Wildman–Crippen LogP) is 1.16. The topological polar surface area (TPSA) is 99.9 Å². The van der Waals surface area contributed by atoms with Crippen molar-refractivity contribution < 1.29 is 14.6 Å². The molecule has 2 saturated carbocycles. The van der Waals surface area contributed by atoms with Gasteiger partial charge in [-0.05, 0) is 56.8 Å². The van der Waals surface area contributed by atoms with Crippen LogP contribution in [0.2, 0.25) is 0 Å². The van der Waals surface area contributed by atoms with Gasteiger partial charge in [-0.3, -0.25) is 10.2 Å². The number of methoxy groups -OCH3 is 1. The molecule has 3 atom stereocenters. The van der Waals surface area contributed by atoms with Gasteiger partial charge in [-0.15, -0.1) is 0 Å². The Labute approximate surface area is 169 Å². The van der Waals surface area contributed by atoms with Gasteiger partial charge >= 0.3 is 0 Å². The van der Waals surface area contributed by atoms with Crippen LogP contribution in [0.1, 0.15) is 64.2 Å². The van der Waals surface area contributed by atoms with Crippen molar-refractivity contribution in [2.45, 2.75) is 88.5 Å². The summed E-state index contributed by atoms with van der Waals surface area (Å²) in [7, 11) is 1.80. The third-order valence-electron chi connectivity index (χ3n) is 6.98. The Morgan fingerprint density at radius 2 is 1.93 bits per heavy atom. The minimum absolute atomic E-state index is 0.0840. The highest BCUT2D eigenvalue weighted by atomic mass is 16.5. The normalized spacial score (nSPS) is 32.2. The Morgan fingerprint density at radius 3 is 2.61 bits per heavy atom. The minimum Gasteiger partial charge on any atom is -0.393 e. The van der Waals surface area contributed by atoms with Crippen molar-refractivity contribution in [3.8, 4) is 0 Å². The summed E-state index contributed by atoms with van der Waals surface area (Å²) >= 11 is 0. The van der Waals surface area contributed by atoms with Crippen molar-refractivity contribution >= 4 is 5.91 Å². The Morgan fingerprint density at radius 1 is 1.21 bits per heavy atom. The molecule has 1 heterocycles. The maximum absolute atomic E-state index is 12.5. The molecular weight excluding hydrogens is 356 g/mol. The van der Waals surface area contributed by atoms with Gasteiger partial charge in [0, 0.05) is 26.7 Å². The Bertz CT molecular complexity index is 478. The van der Waals surface area contributed by atoms with Crippen LogP contribution in [0, 0.1) is 11.8 Å². The molecular formula is C21H40N4O3. The summed E-state index contributed by atoms with van der Waals surface area (Å²) in [6.45, 7) is 2.58. The van der Waals surface area contributed by atoms with Gasteiger partial charge in [0.25, 0.3) is 0 Å². The lowest BCUT2D eigenvalue weighted by molar-refractivity contribution is -0.123. The predicted molar refractivity (Wildman–Crippen MR) is 109 cm³/mol. The highest BCUT2D eigenvalue weighted by molar-refractivity contribution is 5.81. The zero-order chi connectivity index (χ0) is 19.9. The summed E-state index contributed by atoms with van der Waals surface area (Å²) in [6.07, 6.45) is 10.8. The fraction of sp³-hybridized carbons (Fsp3) is 0.952. The van der Waals surface area contributed by atoms with E-state index in [2.05, 4.69) is 15.8 Å². The van der Waals surface area contributed by atoms with E-state index in [0.717, 1.165) is 45.3 Å². The molecule has 162 valence electrons. The van der Waals surface area contributed by atoms with E-state index in [-0.39, 0.29) is 11.9 Å². The van der Waals surface area contributed by atoms with Crippen LogP contribution in [0.3, 0.4) is 0 Å². The van der Waals surface area contributed by atoms with Crippen LogP contribution in [-0.2, 0) is 9.53 Å². The van der Waals surface area contributed by atoms with Crippen LogP contribution in [0.5, 0.6) is 0 Å². The van der Waals surface area contributed by atoms with E-state index < -0.39 is 12.1 Å². The number of nitrogens with zero attached hydrogens (tertiary/aromatic N) is 1. The Balaban J connectivity index is 1.34. The van der Waals surface area contributed by atoms with E-state index in [4.69, 9.17) is 10.5 Å². The molecule has 1 saturated heterocycles. The Hall–Kier alpha value is -0.730. The summed E-state index contributed by atoms with van der Waals surface area (Å²) in [5.41, 5.74) is 9.51. The molecule has 3 fully saturated rings. The van der Waals surface area contributed by atoms with E-state index in [1.165, 1.54) is 32.1 Å². The van der Waals surface area contributed by atoms with Crippen molar-refractivity contribution in [1.82, 2.24) is 15.8 Å². The van der Waals surface area contributed by atoms with Gasteiger partial charge in [0.15, 0.2) is 0 Å². The molecule has 7 nitrogen and oxygen atoms in total. The first-order valence-corrected chi connectivity index (χ1v) is 11.3. The SMILES string of the molecule is COC1CCC(CN2CC(NC(=O)C(N)CC(O)C3CCCCC3)CN2)CC1. The van der Waals surface area contributed by atoms with Gasteiger partial charge in [0.1, 0.15) is 0 Å². The van der Waals surface area contributed by atoms with Crippen molar-refractivity contribution in [2.24, 2.45) is 17.6 Å². The molecule has 3 unspecified atom stereocenters. The second-order valence-electron chi connectivity index (χ2n) is 9.16. The van der Waals surface area contributed by atoms with E-state index >= 15 is 0 Å². The molecule has 3 rings (SSSR count). The number of carbonyl (C=O) groups excluding carboxylic acids is 1. The van der Waals surface area contributed by atoms with Gasteiger partial charge in [-0.25, -0.2) is 5.01 Å². The number of ether oxygens (including phenoxy) is 1. The van der Waals surface area contributed by atoms with Crippen LogP contribution in [0.15, 0.2) is 0 Å². The average Bonchev–Trinajstić information content (AvgIpc) is 3.15. The second-order valence-corrected chi connectivity index (χ2v) is 9.16. The van der Waals surface area contributed by atoms with Gasteiger partial charge < -0.3 is 20.9 Å². The number of hydrogen-bond donors (Lipinski definition) is 4. The first-order valence-electron chi connectivity index (χ1n) is 11.3. The minimum atomic E-state index is -0.629. The van der Waals surface area contributed by atoms with Crippen molar-refractivity contribution in [3.05, 3.63) is 0 Å². The standard InChI is InChI=1S/C21H40N4O3/c1-28-18-9-7-15(8-10-18)13-25-14-17(12-23-25)24-21(27)19(22)11-20(26)16-5-3-2-4-6-16/h15-20,23,26H,2-14,22H2,1H3,(H,24,27). The zero-order valence-corrected chi connectivity index (χ0v) is 17.4. The monoisotopic (exact) mass is 396 g/mol. The molecule has 0 aromatic heterocycles. The highest BCUT2D eigenvalue weighted by Crippen LogP contribution is 2.28. The molecule has 7 heteroatoms. The summed E-state index contributed by atoms with van der Waals surface area (Å²) in [5, 5.41) is 15.7. The van der Waals surface area contributed by atoms with Crippen molar-refractivity contribution in [1.29, 1.82) is 0 Å². The quantitative estimate of drug-likeness (QED) is 0.491. The number of nitrogens with one attached hydrogen (secondary N) is 2. The highest BCUT2D eigenvalue weighted by Gasteiger charge is 2.30. The molecule has 0 bridgehead atoms. The molecule has 0 spiro atoms. The third kappa shape index (κ3) is 6.39. The number of hydrazine groups is 1.